The van der Waals surface area contributed by atoms with Gasteiger partial charge in [0.05, 0.1) is 7.11 Å². The van der Waals surface area contributed by atoms with Crippen molar-refractivity contribution in [2.45, 2.75) is 13.1 Å². The van der Waals surface area contributed by atoms with Gasteiger partial charge in [-0.2, -0.15) is 18.3 Å². The first-order valence-corrected chi connectivity index (χ1v) is 5.01. The Morgan fingerprint density at radius 1 is 1.39 bits per heavy atom. The van der Waals surface area contributed by atoms with Gasteiger partial charge in [-0.25, -0.2) is 9.50 Å². The molecule has 96 valence electrons. The number of rotatable bonds is 2. The van der Waals surface area contributed by atoms with Crippen molar-refractivity contribution in [3.63, 3.8) is 0 Å². The predicted molar refractivity (Wildman–Crippen MR) is 58.8 cm³/mol. The maximum absolute atomic E-state index is 12.5. The summed E-state index contributed by atoms with van der Waals surface area (Å²) in [5.41, 5.74) is 0.0358. The molecule has 0 aliphatic rings. The van der Waals surface area contributed by atoms with Crippen molar-refractivity contribution in [2.75, 3.05) is 7.11 Å². The van der Waals surface area contributed by atoms with Crippen LogP contribution in [0.4, 0.5) is 13.2 Å². The Bertz CT molecular complexity index is 616. The standard InChI is InChI=1S/C11H10F3N3O/c1-6-4-8(7(2)18-3)15-10-5-9(11(12,13)14)16-17(6)10/h4-5H,2H2,1,3H3. The van der Waals surface area contributed by atoms with Crippen LogP contribution in [-0.4, -0.2) is 21.7 Å². The largest absolute Gasteiger partial charge is 0.495 e. The highest BCUT2D eigenvalue weighted by Crippen LogP contribution is 2.29. The van der Waals surface area contributed by atoms with Gasteiger partial charge in [-0.1, -0.05) is 6.58 Å². The molecule has 0 radical (unpaired) electrons. The van der Waals surface area contributed by atoms with E-state index >= 15 is 0 Å². The minimum absolute atomic E-state index is 0.107. The summed E-state index contributed by atoms with van der Waals surface area (Å²) in [5, 5.41) is 3.47. The van der Waals surface area contributed by atoms with E-state index < -0.39 is 11.9 Å². The molecular weight excluding hydrogens is 247 g/mol. The predicted octanol–water partition coefficient (Wildman–Crippen LogP) is 2.67. The summed E-state index contributed by atoms with van der Waals surface area (Å²) in [7, 11) is 1.42. The normalized spacial score (nSPS) is 11.8. The van der Waals surface area contributed by atoms with Gasteiger partial charge in [0, 0.05) is 11.8 Å². The molecule has 0 amide bonds. The highest BCUT2D eigenvalue weighted by atomic mass is 19.4. The lowest BCUT2D eigenvalue weighted by Gasteiger charge is -2.05. The summed E-state index contributed by atoms with van der Waals surface area (Å²) in [6.07, 6.45) is -4.49. The van der Waals surface area contributed by atoms with Crippen LogP contribution in [0.15, 0.2) is 18.7 Å². The number of nitrogens with zero attached hydrogens (tertiary/aromatic N) is 3. The summed E-state index contributed by atoms with van der Waals surface area (Å²) < 4.78 is 43.7. The molecule has 18 heavy (non-hydrogen) atoms. The summed E-state index contributed by atoms with van der Waals surface area (Å²) in [5.74, 6) is 0.287. The van der Waals surface area contributed by atoms with E-state index in [-0.39, 0.29) is 11.4 Å². The van der Waals surface area contributed by atoms with E-state index in [4.69, 9.17) is 4.74 Å². The first kappa shape index (κ1) is 12.4. The van der Waals surface area contributed by atoms with Crippen LogP contribution in [0.1, 0.15) is 17.1 Å². The Balaban J connectivity index is 2.63. The molecule has 0 spiro atoms. The minimum Gasteiger partial charge on any atom is -0.495 e. The van der Waals surface area contributed by atoms with Crippen molar-refractivity contribution in [1.29, 1.82) is 0 Å². The number of hydrogen-bond donors (Lipinski definition) is 0. The second-order valence-electron chi connectivity index (χ2n) is 3.71. The van der Waals surface area contributed by atoms with Crippen LogP contribution in [0.2, 0.25) is 0 Å². The van der Waals surface area contributed by atoms with E-state index in [9.17, 15) is 13.2 Å². The zero-order valence-corrected chi connectivity index (χ0v) is 9.75. The van der Waals surface area contributed by atoms with Crippen LogP contribution < -0.4 is 0 Å². The molecule has 0 aromatic carbocycles. The van der Waals surface area contributed by atoms with Crippen molar-refractivity contribution in [3.8, 4) is 0 Å². The lowest BCUT2D eigenvalue weighted by Crippen LogP contribution is -2.06. The third kappa shape index (κ3) is 2.03. The number of alkyl halides is 3. The number of halogens is 3. The van der Waals surface area contributed by atoms with Gasteiger partial charge in [0.1, 0.15) is 11.5 Å². The van der Waals surface area contributed by atoms with Crippen LogP contribution in [0, 0.1) is 6.92 Å². The van der Waals surface area contributed by atoms with Gasteiger partial charge in [-0.05, 0) is 13.0 Å². The Morgan fingerprint density at radius 3 is 2.61 bits per heavy atom. The van der Waals surface area contributed by atoms with Gasteiger partial charge in [-0.3, -0.25) is 0 Å². The van der Waals surface area contributed by atoms with E-state index in [1.54, 1.807) is 13.0 Å². The molecule has 4 nitrogen and oxygen atoms in total. The van der Waals surface area contributed by atoms with Crippen molar-refractivity contribution < 1.29 is 17.9 Å². The number of hydrogen-bond acceptors (Lipinski definition) is 3. The lowest BCUT2D eigenvalue weighted by atomic mass is 10.3. The van der Waals surface area contributed by atoms with Crippen LogP contribution in [0.5, 0.6) is 0 Å². The molecule has 0 saturated heterocycles. The maximum Gasteiger partial charge on any atom is 0.435 e. The Hall–Kier alpha value is -2.05. The zero-order valence-electron chi connectivity index (χ0n) is 9.75. The second kappa shape index (κ2) is 4.01. The summed E-state index contributed by atoms with van der Waals surface area (Å²) in [6.45, 7) is 5.24. The smallest absolute Gasteiger partial charge is 0.435 e. The van der Waals surface area contributed by atoms with Gasteiger partial charge < -0.3 is 4.74 Å². The lowest BCUT2D eigenvalue weighted by molar-refractivity contribution is -0.141. The quantitative estimate of drug-likeness (QED) is 0.776. The van der Waals surface area contributed by atoms with E-state index in [0.29, 0.717) is 11.4 Å². The summed E-state index contributed by atoms with van der Waals surface area (Å²) in [4.78, 5) is 4.02. The Kier molecular flexibility index (Phi) is 2.76. The Labute approximate surface area is 101 Å². The number of aromatic nitrogens is 3. The fraction of sp³-hybridized carbons (Fsp3) is 0.273. The molecule has 0 fully saturated rings. The molecule has 7 heteroatoms. The number of methoxy groups -OCH3 is 1. The van der Waals surface area contributed by atoms with Crippen molar-refractivity contribution in [3.05, 3.63) is 35.8 Å². The monoisotopic (exact) mass is 257 g/mol. The van der Waals surface area contributed by atoms with E-state index in [1.807, 2.05) is 0 Å². The summed E-state index contributed by atoms with van der Waals surface area (Å²) >= 11 is 0. The third-order valence-electron chi connectivity index (χ3n) is 2.43. The van der Waals surface area contributed by atoms with E-state index in [0.717, 1.165) is 10.6 Å². The van der Waals surface area contributed by atoms with Gasteiger partial charge in [-0.15, -0.1) is 0 Å². The third-order valence-corrected chi connectivity index (χ3v) is 2.43. The Morgan fingerprint density at radius 2 is 2.06 bits per heavy atom. The maximum atomic E-state index is 12.5. The zero-order chi connectivity index (χ0) is 13.5. The molecule has 2 heterocycles. The average Bonchev–Trinajstić information content (AvgIpc) is 2.72. The van der Waals surface area contributed by atoms with Gasteiger partial charge in [0.15, 0.2) is 11.3 Å². The van der Waals surface area contributed by atoms with Crippen LogP contribution in [0.3, 0.4) is 0 Å². The average molecular weight is 257 g/mol. The summed E-state index contributed by atoms with van der Waals surface area (Å²) in [6, 6.07) is 2.45. The van der Waals surface area contributed by atoms with E-state index in [1.165, 1.54) is 7.11 Å². The van der Waals surface area contributed by atoms with Gasteiger partial charge in [0.2, 0.25) is 0 Å². The van der Waals surface area contributed by atoms with Crippen molar-refractivity contribution >= 4 is 11.4 Å². The molecule has 0 aliphatic heterocycles. The first-order chi connectivity index (χ1) is 8.32. The molecule has 2 aromatic rings. The fourth-order valence-electron chi connectivity index (χ4n) is 1.51. The molecule has 0 atom stereocenters. The van der Waals surface area contributed by atoms with Gasteiger partial charge >= 0.3 is 6.18 Å². The molecular formula is C11H10F3N3O. The molecule has 2 rings (SSSR count). The minimum atomic E-state index is -4.49. The van der Waals surface area contributed by atoms with Crippen molar-refractivity contribution in [1.82, 2.24) is 14.6 Å². The molecule has 0 bridgehead atoms. The first-order valence-electron chi connectivity index (χ1n) is 5.01. The van der Waals surface area contributed by atoms with Crippen molar-refractivity contribution in [2.24, 2.45) is 0 Å². The van der Waals surface area contributed by atoms with Crippen LogP contribution in [0.25, 0.3) is 11.4 Å². The van der Waals surface area contributed by atoms with E-state index in [2.05, 4.69) is 16.7 Å². The highest BCUT2D eigenvalue weighted by molar-refractivity contribution is 5.57. The van der Waals surface area contributed by atoms with Gasteiger partial charge in [0.25, 0.3) is 0 Å². The van der Waals surface area contributed by atoms with Crippen LogP contribution in [-0.2, 0) is 10.9 Å². The fourth-order valence-corrected chi connectivity index (χ4v) is 1.51. The topological polar surface area (TPSA) is 39.4 Å². The number of ether oxygens (including phenoxy) is 1. The van der Waals surface area contributed by atoms with Crippen LogP contribution >= 0.6 is 0 Å². The molecule has 2 aromatic heterocycles. The number of aryl methyl sites for hydroxylation is 1. The second-order valence-corrected chi connectivity index (χ2v) is 3.71. The highest BCUT2D eigenvalue weighted by Gasteiger charge is 2.34. The molecule has 0 aliphatic carbocycles. The molecule has 0 N–H and O–H groups in total. The molecule has 0 unspecified atom stereocenters. The number of fused-ring (bicyclic) bond motifs is 1. The molecule has 0 saturated carbocycles. The SMILES string of the molecule is C=C(OC)c1cc(C)n2nc(C(F)(F)F)cc2n1.